The van der Waals surface area contributed by atoms with Crippen molar-refractivity contribution in [1.82, 2.24) is 14.4 Å². The lowest BCUT2D eigenvalue weighted by Gasteiger charge is -2.35. The van der Waals surface area contributed by atoms with E-state index in [-0.39, 0.29) is 29.1 Å². The van der Waals surface area contributed by atoms with E-state index in [4.69, 9.17) is 10.7 Å². The van der Waals surface area contributed by atoms with Crippen LogP contribution in [0.2, 0.25) is 0 Å². The molecule has 0 aliphatic heterocycles. The Labute approximate surface area is 235 Å². The molecule has 1 aliphatic carbocycles. The van der Waals surface area contributed by atoms with Gasteiger partial charge in [0.2, 0.25) is 0 Å². The molecule has 216 valence electrons. The Balaban J connectivity index is 1.51. The molecule has 5 rings (SSSR count). The summed E-state index contributed by atoms with van der Waals surface area (Å²) in [6, 6.07) is 11.5. The summed E-state index contributed by atoms with van der Waals surface area (Å²) in [6.07, 6.45) is 0.880. The lowest BCUT2D eigenvalue weighted by Crippen LogP contribution is -2.33. The molecule has 4 N–H and O–H groups in total. The summed E-state index contributed by atoms with van der Waals surface area (Å²) in [7, 11) is 0. The fourth-order valence-corrected chi connectivity index (χ4v) is 6.20. The van der Waals surface area contributed by atoms with Crippen LogP contribution in [0, 0.1) is 17.8 Å². The molecule has 4 atom stereocenters. The molecule has 0 bridgehead atoms. The van der Waals surface area contributed by atoms with Crippen LogP contribution in [0.5, 0.6) is 0 Å². The first-order valence-electron chi connectivity index (χ1n) is 13.6. The van der Waals surface area contributed by atoms with E-state index in [0.717, 1.165) is 30.8 Å². The van der Waals surface area contributed by atoms with Crippen molar-refractivity contribution in [2.24, 2.45) is 17.8 Å². The van der Waals surface area contributed by atoms with Gasteiger partial charge in [-0.1, -0.05) is 50.2 Å². The van der Waals surface area contributed by atoms with Gasteiger partial charge in [0.25, 0.3) is 0 Å². The van der Waals surface area contributed by atoms with Crippen LogP contribution in [0.25, 0.3) is 16.8 Å². The Morgan fingerprint density at radius 1 is 1.07 bits per heavy atom. The molecule has 7 nitrogen and oxygen atoms in total. The van der Waals surface area contributed by atoms with Gasteiger partial charge in [0.05, 0.1) is 11.5 Å². The summed E-state index contributed by atoms with van der Waals surface area (Å²) in [5.74, 6) is -0.00532. The number of carboxylic acids is 1. The fraction of sp³-hybridized carbons (Fsp3) is 0.387. The van der Waals surface area contributed by atoms with E-state index in [2.05, 4.69) is 18.8 Å². The summed E-state index contributed by atoms with van der Waals surface area (Å²) in [6.45, 7) is 5.57. The van der Waals surface area contributed by atoms with Gasteiger partial charge in [-0.2, -0.15) is 13.2 Å². The Morgan fingerprint density at radius 2 is 1.76 bits per heavy atom. The van der Waals surface area contributed by atoms with Crippen molar-refractivity contribution in [3.63, 3.8) is 0 Å². The standard InChI is InChI=1S/C31H33F3N4O3/c1-17(2)23-12-9-19(15-24(23)29(39)40)28-37-25(26-27(35)36-13-14-38(26)28)18-7-10-20(11-8-18)30(3,41)21-5-4-6-22(16-21)31(32,33)34/h4-8,10-11,13-14,16-17,19,23-24,41H,9,12,15H2,1-3H3,(H2,35,36)(H,39,40)/t19-,23-,24-,30?/m0/s1. The fourth-order valence-electron chi connectivity index (χ4n) is 6.20. The van der Waals surface area contributed by atoms with Crippen molar-refractivity contribution in [1.29, 1.82) is 0 Å². The summed E-state index contributed by atoms with van der Waals surface area (Å²) >= 11 is 0. The van der Waals surface area contributed by atoms with Gasteiger partial charge in [-0.3, -0.25) is 9.20 Å². The van der Waals surface area contributed by atoms with Gasteiger partial charge in [0, 0.05) is 23.9 Å². The van der Waals surface area contributed by atoms with Crippen LogP contribution in [0.4, 0.5) is 19.0 Å². The Morgan fingerprint density at radius 3 is 2.39 bits per heavy atom. The number of nitrogen functional groups attached to an aromatic ring is 1. The quantitative estimate of drug-likeness (QED) is 0.246. The number of benzene rings is 2. The first-order chi connectivity index (χ1) is 19.3. The molecule has 0 amide bonds. The number of aliphatic hydroxyl groups is 1. The molecule has 41 heavy (non-hydrogen) atoms. The van der Waals surface area contributed by atoms with Crippen LogP contribution < -0.4 is 5.73 Å². The zero-order valence-electron chi connectivity index (χ0n) is 23.1. The molecule has 1 aliphatic rings. The van der Waals surface area contributed by atoms with Crippen molar-refractivity contribution < 1.29 is 28.2 Å². The van der Waals surface area contributed by atoms with Gasteiger partial charge >= 0.3 is 12.1 Å². The molecule has 2 heterocycles. The molecular formula is C31H33F3N4O3. The lowest BCUT2D eigenvalue weighted by atomic mass is 9.69. The normalized spacial score (nSPS) is 21.2. The lowest BCUT2D eigenvalue weighted by molar-refractivity contribution is -0.146. The van der Waals surface area contributed by atoms with Gasteiger partial charge in [0.1, 0.15) is 28.5 Å². The van der Waals surface area contributed by atoms with Crippen LogP contribution in [-0.4, -0.2) is 30.6 Å². The highest BCUT2D eigenvalue weighted by Gasteiger charge is 2.39. The first kappa shape index (κ1) is 28.6. The number of alkyl halides is 3. The monoisotopic (exact) mass is 566 g/mol. The van der Waals surface area contributed by atoms with Crippen molar-refractivity contribution in [2.45, 2.75) is 57.7 Å². The highest BCUT2D eigenvalue weighted by molar-refractivity contribution is 5.85. The molecular weight excluding hydrogens is 533 g/mol. The van der Waals surface area contributed by atoms with E-state index in [1.807, 2.05) is 4.40 Å². The number of aliphatic carboxylic acids is 1. The second-order valence-electron chi connectivity index (χ2n) is 11.4. The van der Waals surface area contributed by atoms with E-state index < -0.39 is 29.2 Å². The predicted octanol–water partition coefficient (Wildman–Crippen LogP) is 6.49. The van der Waals surface area contributed by atoms with Gasteiger partial charge in [-0.25, -0.2) is 9.97 Å². The number of imidazole rings is 1. The zero-order valence-corrected chi connectivity index (χ0v) is 23.1. The molecule has 2 aromatic heterocycles. The van der Waals surface area contributed by atoms with Gasteiger partial charge in [-0.05, 0) is 61.3 Å². The minimum absolute atomic E-state index is 0.0879. The smallest absolute Gasteiger partial charge is 0.416 e. The Hall–Kier alpha value is -3.92. The molecule has 0 spiro atoms. The number of nitrogens with zero attached hydrogens (tertiary/aromatic N) is 3. The molecule has 4 aromatic rings. The van der Waals surface area contributed by atoms with Crippen molar-refractivity contribution in [3.8, 4) is 11.3 Å². The van der Waals surface area contributed by atoms with Crippen LogP contribution in [0.1, 0.15) is 68.5 Å². The second kappa shape index (κ2) is 10.5. The van der Waals surface area contributed by atoms with Gasteiger partial charge in [-0.15, -0.1) is 0 Å². The molecule has 0 radical (unpaired) electrons. The number of aromatic nitrogens is 3. The van der Waals surface area contributed by atoms with E-state index in [1.54, 1.807) is 36.7 Å². The van der Waals surface area contributed by atoms with Crippen LogP contribution in [0.15, 0.2) is 60.9 Å². The van der Waals surface area contributed by atoms with E-state index in [1.165, 1.54) is 19.1 Å². The molecule has 10 heteroatoms. The van der Waals surface area contributed by atoms with E-state index in [0.29, 0.717) is 28.8 Å². The van der Waals surface area contributed by atoms with Crippen LogP contribution in [0.3, 0.4) is 0 Å². The number of nitrogens with two attached hydrogens (primary N) is 1. The number of carboxylic acid groups (broad SMARTS) is 1. The highest BCUT2D eigenvalue weighted by atomic mass is 19.4. The summed E-state index contributed by atoms with van der Waals surface area (Å²) in [5.41, 5.74) is 6.16. The number of halogens is 3. The third-order valence-corrected chi connectivity index (χ3v) is 8.53. The Kier molecular flexibility index (Phi) is 7.31. The summed E-state index contributed by atoms with van der Waals surface area (Å²) < 4.78 is 41.7. The molecule has 2 aromatic carbocycles. The molecule has 0 saturated heterocycles. The number of hydrogen-bond donors (Lipinski definition) is 3. The van der Waals surface area contributed by atoms with E-state index >= 15 is 0 Å². The average Bonchev–Trinajstić information content (AvgIpc) is 3.33. The van der Waals surface area contributed by atoms with Crippen molar-refractivity contribution in [2.75, 3.05) is 5.73 Å². The SMILES string of the molecule is CC(C)[C@@H]1CC[C@H](c2nc(-c3ccc(C(C)(O)c4cccc(C(F)(F)F)c4)cc3)c3c(N)nccn23)C[C@@H]1C(=O)O. The number of rotatable bonds is 6. The van der Waals surface area contributed by atoms with Crippen molar-refractivity contribution in [3.05, 3.63) is 83.4 Å². The third kappa shape index (κ3) is 5.28. The first-order valence-corrected chi connectivity index (χ1v) is 13.6. The predicted molar refractivity (Wildman–Crippen MR) is 149 cm³/mol. The minimum Gasteiger partial charge on any atom is -0.481 e. The third-order valence-electron chi connectivity index (χ3n) is 8.53. The minimum atomic E-state index is -4.53. The summed E-state index contributed by atoms with van der Waals surface area (Å²) in [5, 5.41) is 21.2. The van der Waals surface area contributed by atoms with Crippen molar-refractivity contribution >= 4 is 17.3 Å². The van der Waals surface area contributed by atoms with E-state index in [9.17, 15) is 28.2 Å². The summed E-state index contributed by atoms with van der Waals surface area (Å²) in [4.78, 5) is 21.3. The molecule has 1 fully saturated rings. The maximum Gasteiger partial charge on any atom is 0.416 e. The zero-order chi connectivity index (χ0) is 29.7. The number of fused-ring (bicyclic) bond motifs is 1. The molecule has 1 saturated carbocycles. The van der Waals surface area contributed by atoms with Crippen LogP contribution in [-0.2, 0) is 16.6 Å². The van der Waals surface area contributed by atoms with Gasteiger partial charge in [0.15, 0.2) is 0 Å². The maximum absolute atomic E-state index is 13.3. The maximum atomic E-state index is 13.3. The number of carbonyl (C=O) groups is 1. The largest absolute Gasteiger partial charge is 0.481 e. The average molecular weight is 567 g/mol. The second-order valence-corrected chi connectivity index (χ2v) is 11.4. The topological polar surface area (TPSA) is 114 Å². The van der Waals surface area contributed by atoms with Gasteiger partial charge < -0.3 is 15.9 Å². The van der Waals surface area contributed by atoms with Crippen LogP contribution >= 0.6 is 0 Å². The number of hydrogen-bond acceptors (Lipinski definition) is 5. The highest BCUT2D eigenvalue weighted by Crippen LogP contribution is 2.44. The Bertz CT molecular complexity index is 1580. The number of anilines is 1. The molecule has 1 unspecified atom stereocenters.